The summed E-state index contributed by atoms with van der Waals surface area (Å²) in [7, 11) is 0. The zero-order valence-electron chi connectivity index (χ0n) is 15.5. The van der Waals surface area contributed by atoms with Crippen LogP contribution in [-0.4, -0.2) is 39.2 Å². The Morgan fingerprint density at radius 1 is 1.10 bits per heavy atom. The van der Waals surface area contributed by atoms with Crippen molar-refractivity contribution in [2.75, 3.05) is 6.54 Å². The fraction of sp³-hybridized carbons (Fsp3) is 0.300. The van der Waals surface area contributed by atoms with Crippen molar-refractivity contribution in [1.29, 1.82) is 0 Å². The van der Waals surface area contributed by atoms with Crippen LogP contribution in [0.25, 0.3) is 11.4 Å². The largest absolute Gasteiger partial charge is 0.573 e. The van der Waals surface area contributed by atoms with E-state index in [0.717, 1.165) is 5.56 Å². The maximum absolute atomic E-state index is 13.1. The molecule has 0 radical (unpaired) electrons. The SMILES string of the molecule is O[C@@H]1C[C@@H](c2nc(-c3ccc(F)cc3)no2)N(Cc2ccc(OC(F)(F)F)cc2)C1. The summed E-state index contributed by atoms with van der Waals surface area (Å²) in [5.41, 5.74) is 1.33. The third kappa shape index (κ3) is 4.77. The zero-order chi connectivity index (χ0) is 21.3. The number of β-amino-alcohol motifs (C(OH)–C–C–N with tert-alkyl or cyclic N) is 1. The number of alkyl halides is 3. The molecule has 1 saturated heterocycles. The molecule has 0 spiro atoms. The molecule has 0 amide bonds. The molecule has 2 heterocycles. The standard InChI is InChI=1S/C20H17F4N3O3/c21-14-5-3-13(4-6-14)18-25-19(30-26-18)17-9-15(28)11-27(17)10-12-1-7-16(8-2-12)29-20(22,23)24/h1-8,15,17,28H,9-11H2/t15-,17+/m1/s1. The molecule has 1 aliphatic rings. The Morgan fingerprint density at radius 2 is 1.80 bits per heavy atom. The molecule has 3 aromatic rings. The Kier molecular flexibility index (Phi) is 5.44. The van der Waals surface area contributed by atoms with Crippen molar-refractivity contribution in [3.8, 4) is 17.1 Å². The minimum absolute atomic E-state index is 0.301. The highest BCUT2D eigenvalue weighted by Crippen LogP contribution is 2.34. The molecule has 0 aliphatic carbocycles. The second kappa shape index (κ2) is 8.04. The lowest BCUT2D eigenvalue weighted by atomic mass is 10.1. The fourth-order valence-corrected chi connectivity index (χ4v) is 3.43. The van der Waals surface area contributed by atoms with Gasteiger partial charge in [0.1, 0.15) is 11.6 Å². The fourth-order valence-electron chi connectivity index (χ4n) is 3.43. The van der Waals surface area contributed by atoms with Gasteiger partial charge in [0.15, 0.2) is 0 Å². The zero-order valence-corrected chi connectivity index (χ0v) is 15.5. The van der Waals surface area contributed by atoms with Crippen molar-refractivity contribution in [3.63, 3.8) is 0 Å². The minimum atomic E-state index is -4.74. The molecule has 4 rings (SSSR count). The Balaban J connectivity index is 1.48. The van der Waals surface area contributed by atoms with Crippen LogP contribution in [0.5, 0.6) is 5.75 Å². The summed E-state index contributed by atoms with van der Waals surface area (Å²) < 4.78 is 59.2. The third-order valence-corrected chi connectivity index (χ3v) is 4.75. The Bertz CT molecular complexity index is 990. The number of ether oxygens (including phenoxy) is 1. The van der Waals surface area contributed by atoms with Gasteiger partial charge in [0.2, 0.25) is 11.7 Å². The summed E-state index contributed by atoms with van der Waals surface area (Å²) in [5, 5.41) is 14.1. The van der Waals surface area contributed by atoms with Crippen LogP contribution in [0, 0.1) is 5.82 Å². The average Bonchev–Trinajstić information content (AvgIpc) is 3.29. The number of aliphatic hydroxyl groups excluding tert-OH is 1. The van der Waals surface area contributed by atoms with Crippen LogP contribution >= 0.6 is 0 Å². The van der Waals surface area contributed by atoms with Crippen LogP contribution in [0.15, 0.2) is 53.1 Å². The predicted molar refractivity (Wildman–Crippen MR) is 96.6 cm³/mol. The van der Waals surface area contributed by atoms with Gasteiger partial charge in [0.25, 0.3) is 0 Å². The van der Waals surface area contributed by atoms with Crippen molar-refractivity contribution < 1.29 is 31.9 Å². The number of rotatable bonds is 5. The average molecular weight is 423 g/mol. The Hall–Kier alpha value is -2.98. The number of aromatic nitrogens is 2. The second-order valence-electron chi connectivity index (χ2n) is 6.99. The first-order chi connectivity index (χ1) is 14.3. The van der Waals surface area contributed by atoms with Crippen LogP contribution in [0.2, 0.25) is 0 Å². The summed E-state index contributed by atoms with van der Waals surface area (Å²) >= 11 is 0. The minimum Gasteiger partial charge on any atom is -0.406 e. The van der Waals surface area contributed by atoms with Crippen molar-refractivity contribution in [2.24, 2.45) is 0 Å². The summed E-state index contributed by atoms with van der Waals surface area (Å²) in [6, 6.07) is 10.8. The lowest BCUT2D eigenvalue weighted by Gasteiger charge is -2.21. The van der Waals surface area contributed by atoms with E-state index in [2.05, 4.69) is 14.9 Å². The lowest BCUT2D eigenvalue weighted by molar-refractivity contribution is -0.274. The van der Waals surface area contributed by atoms with Crippen LogP contribution in [0.1, 0.15) is 23.9 Å². The molecule has 2 aromatic carbocycles. The molecule has 0 bridgehead atoms. The number of likely N-dealkylation sites (tertiary alicyclic amines) is 1. The topological polar surface area (TPSA) is 71.6 Å². The third-order valence-electron chi connectivity index (χ3n) is 4.75. The van der Waals surface area contributed by atoms with Crippen molar-refractivity contribution in [1.82, 2.24) is 15.0 Å². The number of aliphatic hydroxyl groups is 1. The molecule has 0 unspecified atom stereocenters. The molecular formula is C20H17F4N3O3. The Labute approximate surface area is 168 Å². The summed E-state index contributed by atoms with van der Waals surface area (Å²) in [6.07, 6.45) is -4.98. The smallest absolute Gasteiger partial charge is 0.406 e. The predicted octanol–water partition coefficient (Wildman–Crippen LogP) is 4.08. The van der Waals surface area contributed by atoms with E-state index in [0.29, 0.717) is 36.8 Å². The van der Waals surface area contributed by atoms with Gasteiger partial charge in [0, 0.05) is 18.7 Å². The quantitative estimate of drug-likeness (QED) is 0.624. The highest BCUT2D eigenvalue weighted by atomic mass is 19.4. The monoisotopic (exact) mass is 423 g/mol. The first kappa shape index (κ1) is 20.3. The van der Waals surface area contributed by atoms with Gasteiger partial charge in [0.05, 0.1) is 12.1 Å². The van der Waals surface area contributed by atoms with E-state index in [9.17, 15) is 22.7 Å². The molecule has 2 atom stereocenters. The van der Waals surface area contributed by atoms with Gasteiger partial charge in [-0.05, 0) is 48.4 Å². The number of hydrogen-bond donors (Lipinski definition) is 1. The molecule has 0 saturated carbocycles. The van der Waals surface area contributed by atoms with E-state index in [-0.39, 0.29) is 17.6 Å². The van der Waals surface area contributed by atoms with Crippen LogP contribution in [0.3, 0.4) is 0 Å². The van der Waals surface area contributed by atoms with Gasteiger partial charge in [-0.3, -0.25) is 4.90 Å². The number of benzene rings is 2. The molecule has 1 N–H and O–H groups in total. The summed E-state index contributed by atoms with van der Waals surface area (Å²) in [5.74, 6) is -0.0628. The highest BCUT2D eigenvalue weighted by molar-refractivity contribution is 5.53. The molecule has 1 fully saturated rings. The van der Waals surface area contributed by atoms with Gasteiger partial charge in [-0.1, -0.05) is 17.3 Å². The van der Waals surface area contributed by atoms with Crippen molar-refractivity contribution >= 4 is 0 Å². The van der Waals surface area contributed by atoms with Crippen LogP contribution < -0.4 is 4.74 Å². The number of nitrogens with zero attached hydrogens (tertiary/aromatic N) is 3. The number of halogens is 4. The van der Waals surface area contributed by atoms with Gasteiger partial charge >= 0.3 is 6.36 Å². The van der Waals surface area contributed by atoms with E-state index in [4.69, 9.17) is 4.52 Å². The van der Waals surface area contributed by atoms with Crippen LogP contribution in [-0.2, 0) is 6.54 Å². The molecule has 1 aliphatic heterocycles. The molecule has 30 heavy (non-hydrogen) atoms. The Morgan fingerprint density at radius 3 is 2.47 bits per heavy atom. The maximum Gasteiger partial charge on any atom is 0.573 e. The molecule has 10 heteroatoms. The van der Waals surface area contributed by atoms with Gasteiger partial charge in [-0.15, -0.1) is 13.2 Å². The van der Waals surface area contributed by atoms with Crippen molar-refractivity contribution in [2.45, 2.75) is 31.5 Å². The first-order valence-electron chi connectivity index (χ1n) is 9.13. The number of hydrogen-bond acceptors (Lipinski definition) is 6. The normalized spacial score (nSPS) is 19.9. The van der Waals surface area contributed by atoms with E-state index in [1.54, 1.807) is 0 Å². The van der Waals surface area contributed by atoms with Gasteiger partial charge in [-0.2, -0.15) is 4.98 Å². The second-order valence-corrected chi connectivity index (χ2v) is 6.99. The van der Waals surface area contributed by atoms with E-state index >= 15 is 0 Å². The van der Waals surface area contributed by atoms with E-state index in [1.165, 1.54) is 48.5 Å². The first-order valence-corrected chi connectivity index (χ1v) is 9.13. The maximum atomic E-state index is 13.1. The molecule has 6 nitrogen and oxygen atoms in total. The summed E-state index contributed by atoms with van der Waals surface area (Å²) in [6.45, 7) is 0.710. The summed E-state index contributed by atoms with van der Waals surface area (Å²) in [4.78, 5) is 6.28. The van der Waals surface area contributed by atoms with Crippen LogP contribution in [0.4, 0.5) is 17.6 Å². The lowest BCUT2D eigenvalue weighted by Crippen LogP contribution is -2.24. The van der Waals surface area contributed by atoms with Gasteiger partial charge in [-0.25, -0.2) is 4.39 Å². The molecule has 1 aromatic heterocycles. The highest BCUT2D eigenvalue weighted by Gasteiger charge is 2.36. The van der Waals surface area contributed by atoms with E-state index < -0.39 is 12.5 Å². The molecule has 158 valence electrons. The molecular weight excluding hydrogens is 406 g/mol. The van der Waals surface area contributed by atoms with E-state index in [1.807, 2.05) is 4.90 Å². The van der Waals surface area contributed by atoms with Gasteiger partial charge < -0.3 is 14.4 Å². The van der Waals surface area contributed by atoms with Crippen molar-refractivity contribution in [3.05, 3.63) is 65.8 Å².